The van der Waals surface area contributed by atoms with E-state index >= 15 is 0 Å². The van der Waals surface area contributed by atoms with Gasteiger partial charge in [0.2, 0.25) is 5.91 Å². The predicted molar refractivity (Wildman–Crippen MR) is 123 cm³/mol. The molecule has 0 saturated heterocycles. The van der Waals surface area contributed by atoms with Gasteiger partial charge in [-0.2, -0.15) is 0 Å². The number of hydrogen-bond donors (Lipinski definition) is 2. The monoisotopic (exact) mass is 434 g/mol. The Morgan fingerprint density at radius 1 is 1.03 bits per heavy atom. The van der Waals surface area contributed by atoms with Gasteiger partial charge in [0.25, 0.3) is 11.6 Å². The van der Waals surface area contributed by atoms with Crippen LogP contribution in [-0.4, -0.2) is 22.0 Å². The van der Waals surface area contributed by atoms with Gasteiger partial charge in [-0.05, 0) is 57.5 Å². The summed E-state index contributed by atoms with van der Waals surface area (Å²) in [5.74, 6) is -0.476. The summed E-state index contributed by atoms with van der Waals surface area (Å²) < 4.78 is 5.40. The Labute approximate surface area is 183 Å². The number of anilines is 2. The number of amides is 2. The molecule has 7 nitrogen and oxygen atoms in total. The molecule has 0 aliphatic heterocycles. The van der Waals surface area contributed by atoms with Gasteiger partial charge in [0.05, 0.1) is 22.3 Å². The van der Waals surface area contributed by atoms with Gasteiger partial charge in [-0.3, -0.25) is 9.59 Å². The van der Waals surface area contributed by atoms with Crippen molar-refractivity contribution in [1.29, 1.82) is 0 Å². The highest BCUT2D eigenvalue weighted by molar-refractivity contribution is 7.12. The van der Waals surface area contributed by atoms with Crippen LogP contribution in [-0.2, 0) is 4.79 Å². The molecule has 0 radical (unpaired) electrons. The molecule has 0 spiro atoms. The number of rotatable bonds is 4. The van der Waals surface area contributed by atoms with Gasteiger partial charge >= 0.3 is 0 Å². The smallest absolute Gasteiger partial charge is 0.259 e. The Balaban J connectivity index is 1.78. The van der Waals surface area contributed by atoms with Crippen LogP contribution < -0.4 is 10.6 Å². The second-order valence-electron chi connectivity index (χ2n) is 7.50. The topological polar surface area (TPSA) is 97.1 Å². The molecule has 0 atom stereocenters. The fourth-order valence-electron chi connectivity index (χ4n) is 3.52. The average Bonchev–Trinajstić information content (AvgIpc) is 3.24. The summed E-state index contributed by atoms with van der Waals surface area (Å²) in [7, 11) is 0. The second kappa shape index (κ2) is 7.96. The van der Waals surface area contributed by atoms with E-state index in [0.717, 1.165) is 16.0 Å². The van der Waals surface area contributed by atoms with Gasteiger partial charge in [-0.25, -0.2) is 4.98 Å². The summed E-state index contributed by atoms with van der Waals surface area (Å²) in [6, 6.07) is 9.21. The number of fused-ring (bicyclic) bond motifs is 1. The molecule has 2 amide bonds. The highest BCUT2D eigenvalue weighted by atomic mass is 32.1. The number of hydrogen-bond acceptors (Lipinski definition) is 6. The largest absolute Gasteiger partial charge is 0.335 e. The predicted octanol–water partition coefficient (Wildman–Crippen LogP) is 5.40. The first-order valence-electron chi connectivity index (χ1n) is 9.77. The summed E-state index contributed by atoms with van der Waals surface area (Å²) in [4.78, 5) is 31.6. The second-order valence-corrected chi connectivity index (χ2v) is 8.96. The van der Waals surface area contributed by atoms with Crippen LogP contribution in [0.2, 0.25) is 0 Å². The summed E-state index contributed by atoms with van der Waals surface area (Å²) in [5.41, 5.74) is 5.09. The fraction of sp³-hybridized carbons (Fsp3) is 0.217. The number of benzene rings is 1. The lowest BCUT2D eigenvalue weighted by atomic mass is 10.0. The number of carbonyl (C=O) groups excluding carboxylic acids is 2. The summed E-state index contributed by atoms with van der Waals surface area (Å²) in [6.07, 6.45) is 0. The summed E-state index contributed by atoms with van der Waals surface area (Å²) in [6.45, 7) is 9.18. The van der Waals surface area contributed by atoms with Crippen molar-refractivity contribution in [2.75, 3.05) is 10.6 Å². The van der Waals surface area contributed by atoms with E-state index < -0.39 is 0 Å². The van der Waals surface area contributed by atoms with E-state index in [2.05, 4.69) is 26.8 Å². The normalized spacial score (nSPS) is 11.0. The van der Waals surface area contributed by atoms with Crippen molar-refractivity contribution in [3.63, 3.8) is 0 Å². The van der Waals surface area contributed by atoms with Crippen LogP contribution in [0.3, 0.4) is 0 Å². The van der Waals surface area contributed by atoms with Crippen LogP contribution in [0.1, 0.15) is 38.3 Å². The Kier molecular flexibility index (Phi) is 5.32. The molecule has 8 heteroatoms. The Morgan fingerprint density at radius 2 is 1.81 bits per heavy atom. The zero-order valence-electron chi connectivity index (χ0n) is 17.9. The fourth-order valence-corrected chi connectivity index (χ4v) is 4.46. The molecule has 158 valence electrons. The number of thiophene rings is 1. The molecular formula is C23H22N4O3S. The molecule has 0 bridgehead atoms. The van der Waals surface area contributed by atoms with Crippen molar-refractivity contribution in [1.82, 2.24) is 10.1 Å². The van der Waals surface area contributed by atoms with Gasteiger partial charge in [0.15, 0.2) is 0 Å². The minimum Gasteiger partial charge on any atom is -0.335 e. The van der Waals surface area contributed by atoms with E-state index in [4.69, 9.17) is 4.52 Å². The molecule has 3 aromatic heterocycles. The number of aromatic nitrogens is 2. The number of nitrogens with zero attached hydrogens (tertiary/aromatic N) is 2. The zero-order valence-corrected chi connectivity index (χ0v) is 18.7. The molecule has 0 fully saturated rings. The molecule has 31 heavy (non-hydrogen) atoms. The quantitative estimate of drug-likeness (QED) is 0.448. The van der Waals surface area contributed by atoms with E-state index in [1.165, 1.54) is 11.8 Å². The Bertz CT molecular complexity index is 1340. The molecular weight excluding hydrogens is 412 g/mol. The third kappa shape index (κ3) is 4.06. The molecule has 0 aliphatic rings. The average molecular weight is 435 g/mol. The van der Waals surface area contributed by atoms with Crippen LogP contribution >= 0.6 is 11.3 Å². The van der Waals surface area contributed by atoms with E-state index in [1.54, 1.807) is 36.5 Å². The van der Waals surface area contributed by atoms with Gasteiger partial charge in [-0.1, -0.05) is 11.2 Å². The molecule has 4 rings (SSSR count). The van der Waals surface area contributed by atoms with Crippen LogP contribution in [0, 0.1) is 27.7 Å². The van der Waals surface area contributed by atoms with Crippen LogP contribution in [0.5, 0.6) is 0 Å². The highest BCUT2D eigenvalue weighted by Crippen LogP contribution is 2.33. The molecule has 0 aliphatic carbocycles. The van der Waals surface area contributed by atoms with Crippen molar-refractivity contribution in [3.05, 3.63) is 56.9 Å². The first-order valence-corrected chi connectivity index (χ1v) is 10.6. The number of aryl methyl sites for hydroxylation is 4. The lowest BCUT2D eigenvalue weighted by molar-refractivity contribution is -0.114. The van der Waals surface area contributed by atoms with Gasteiger partial charge < -0.3 is 15.2 Å². The maximum atomic E-state index is 13.3. The molecule has 3 heterocycles. The maximum Gasteiger partial charge on any atom is 0.259 e. The standard InChI is InChI=1S/C23H22N4O3S/c1-11-6-7-16(24-15(5)28)9-19(11)25-22(29)18-10-20(17-8-12(2)31-14(17)4)26-23-21(18)13(3)27-30-23/h6-10H,1-5H3,(H,24,28)(H,25,29). The van der Waals surface area contributed by atoms with Crippen molar-refractivity contribution >= 4 is 45.6 Å². The molecule has 1 aromatic carbocycles. The Morgan fingerprint density at radius 3 is 2.48 bits per heavy atom. The van der Waals surface area contributed by atoms with Gasteiger partial charge in [0.1, 0.15) is 0 Å². The highest BCUT2D eigenvalue weighted by Gasteiger charge is 2.21. The minimum absolute atomic E-state index is 0.178. The lowest BCUT2D eigenvalue weighted by Gasteiger charge is -2.12. The summed E-state index contributed by atoms with van der Waals surface area (Å²) >= 11 is 1.68. The van der Waals surface area contributed by atoms with E-state index in [0.29, 0.717) is 39.4 Å². The first kappa shape index (κ1) is 20.7. The first-order chi connectivity index (χ1) is 14.7. The van der Waals surface area contributed by atoms with Crippen LogP contribution in [0.25, 0.3) is 22.4 Å². The lowest BCUT2D eigenvalue weighted by Crippen LogP contribution is -2.14. The van der Waals surface area contributed by atoms with E-state index in [9.17, 15) is 9.59 Å². The number of nitrogens with one attached hydrogen (secondary N) is 2. The van der Waals surface area contributed by atoms with Crippen LogP contribution in [0.15, 0.2) is 34.9 Å². The third-order valence-corrected chi connectivity index (χ3v) is 5.95. The zero-order chi connectivity index (χ0) is 22.3. The molecule has 4 aromatic rings. The molecule has 0 saturated carbocycles. The van der Waals surface area contributed by atoms with E-state index in [1.807, 2.05) is 26.8 Å². The van der Waals surface area contributed by atoms with Gasteiger partial charge in [0, 0.05) is 33.6 Å². The maximum absolute atomic E-state index is 13.3. The molecule has 0 unspecified atom stereocenters. The van der Waals surface area contributed by atoms with Crippen molar-refractivity contribution in [3.8, 4) is 11.3 Å². The summed E-state index contributed by atoms with van der Waals surface area (Å²) in [5, 5.41) is 10.3. The van der Waals surface area contributed by atoms with Crippen molar-refractivity contribution < 1.29 is 14.1 Å². The number of pyridine rings is 1. The third-order valence-electron chi connectivity index (χ3n) is 4.98. The SMILES string of the molecule is CC(=O)Nc1ccc(C)c(NC(=O)c2cc(-c3cc(C)sc3C)nc3onc(C)c23)c1. The number of carbonyl (C=O) groups is 2. The Hall–Kier alpha value is -3.52. The van der Waals surface area contributed by atoms with Gasteiger partial charge in [-0.15, -0.1) is 11.3 Å². The molecule has 2 N–H and O–H groups in total. The van der Waals surface area contributed by atoms with Crippen LogP contribution in [0.4, 0.5) is 11.4 Å². The van der Waals surface area contributed by atoms with Crippen molar-refractivity contribution in [2.24, 2.45) is 0 Å². The minimum atomic E-state index is -0.298. The van der Waals surface area contributed by atoms with E-state index in [-0.39, 0.29) is 11.8 Å². The van der Waals surface area contributed by atoms with Crippen molar-refractivity contribution in [2.45, 2.75) is 34.6 Å².